The van der Waals surface area contributed by atoms with E-state index in [1.807, 2.05) is 6.07 Å². The first-order valence-corrected chi connectivity index (χ1v) is 7.77. The molecule has 2 aromatic rings. The molecule has 2 amide bonds. The van der Waals surface area contributed by atoms with E-state index in [0.717, 1.165) is 23.4 Å². The lowest BCUT2D eigenvalue weighted by Crippen LogP contribution is -2.30. The third-order valence-electron chi connectivity index (χ3n) is 2.97. The number of nitriles is 1. The number of aromatic nitrogens is 2. The molecule has 114 valence electrons. The largest absolute Gasteiger partial charge is 0.323 e. The van der Waals surface area contributed by atoms with Crippen LogP contribution in [0.2, 0.25) is 0 Å². The van der Waals surface area contributed by atoms with Crippen LogP contribution in [-0.2, 0) is 13.0 Å². The summed E-state index contributed by atoms with van der Waals surface area (Å²) in [5.41, 5.74) is 1.49. The van der Waals surface area contributed by atoms with Crippen molar-refractivity contribution in [2.24, 2.45) is 0 Å². The highest BCUT2D eigenvalue weighted by Crippen LogP contribution is 2.17. The molecule has 2 rings (SSSR count). The van der Waals surface area contributed by atoms with Gasteiger partial charge in [0.05, 0.1) is 11.6 Å². The van der Waals surface area contributed by atoms with Gasteiger partial charge in [-0.3, -0.25) is 5.32 Å². The molecule has 0 unspecified atom stereocenters. The van der Waals surface area contributed by atoms with Crippen molar-refractivity contribution in [1.29, 1.82) is 5.26 Å². The summed E-state index contributed by atoms with van der Waals surface area (Å²) in [5.74, 6) is 0. The monoisotopic (exact) mass is 315 g/mol. The van der Waals surface area contributed by atoms with Crippen LogP contribution in [0, 0.1) is 11.3 Å². The highest BCUT2D eigenvalue weighted by molar-refractivity contribution is 7.15. The molecule has 6 nitrogen and oxygen atoms in total. The number of carbonyl (C=O) groups excluding carboxylic acids is 1. The second-order valence-corrected chi connectivity index (χ2v) is 5.91. The van der Waals surface area contributed by atoms with E-state index in [-0.39, 0.29) is 6.03 Å². The molecule has 0 aliphatic heterocycles. The Balaban J connectivity index is 1.95. The van der Waals surface area contributed by atoms with Crippen LogP contribution >= 0.6 is 11.3 Å². The van der Waals surface area contributed by atoms with Crippen molar-refractivity contribution >= 4 is 22.5 Å². The Kier molecular flexibility index (Phi) is 5.44. The van der Waals surface area contributed by atoms with Gasteiger partial charge in [-0.05, 0) is 24.1 Å². The predicted octanol–water partition coefficient (Wildman–Crippen LogP) is 3.03. The third kappa shape index (κ3) is 4.27. The highest BCUT2D eigenvalue weighted by Gasteiger charge is 2.12. The summed E-state index contributed by atoms with van der Waals surface area (Å²) in [5, 5.41) is 21.0. The van der Waals surface area contributed by atoms with Crippen molar-refractivity contribution in [2.45, 2.75) is 26.3 Å². The normalized spacial score (nSPS) is 10.0. The fourth-order valence-electron chi connectivity index (χ4n) is 1.89. The first-order valence-electron chi connectivity index (χ1n) is 6.96. The zero-order chi connectivity index (χ0) is 15.9. The van der Waals surface area contributed by atoms with Gasteiger partial charge in [-0.25, -0.2) is 4.79 Å². The Labute approximate surface area is 133 Å². The second kappa shape index (κ2) is 7.52. The summed E-state index contributed by atoms with van der Waals surface area (Å²) in [6, 6.07) is 9.04. The molecule has 0 aliphatic rings. The van der Waals surface area contributed by atoms with Gasteiger partial charge in [0.15, 0.2) is 0 Å². The number of benzene rings is 1. The average Bonchev–Trinajstić information content (AvgIpc) is 2.95. The van der Waals surface area contributed by atoms with E-state index in [0.29, 0.717) is 17.2 Å². The van der Waals surface area contributed by atoms with E-state index in [1.54, 1.807) is 25.2 Å². The van der Waals surface area contributed by atoms with Crippen molar-refractivity contribution in [3.05, 3.63) is 40.4 Å². The molecule has 0 aliphatic carbocycles. The summed E-state index contributed by atoms with van der Waals surface area (Å²) < 4.78 is 0. The lowest BCUT2D eigenvalue weighted by molar-refractivity contribution is 0.220. The van der Waals surface area contributed by atoms with Gasteiger partial charge in [0.2, 0.25) is 5.13 Å². The maximum absolute atomic E-state index is 12.1. The molecule has 0 atom stereocenters. The van der Waals surface area contributed by atoms with Gasteiger partial charge in [-0.1, -0.05) is 30.4 Å². The molecule has 1 aromatic carbocycles. The Hall–Kier alpha value is -2.46. The molecule has 22 heavy (non-hydrogen) atoms. The molecular weight excluding hydrogens is 298 g/mol. The molecule has 0 saturated carbocycles. The van der Waals surface area contributed by atoms with E-state index >= 15 is 0 Å². The second-order valence-electron chi connectivity index (χ2n) is 4.85. The van der Waals surface area contributed by atoms with Crippen LogP contribution in [0.3, 0.4) is 0 Å². The van der Waals surface area contributed by atoms with Gasteiger partial charge < -0.3 is 4.90 Å². The number of hydrogen-bond acceptors (Lipinski definition) is 5. The van der Waals surface area contributed by atoms with Gasteiger partial charge in [0.1, 0.15) is 5.01 Å². The molecule has 1 heterocycles. The van der Waals surface area contributed by atoms with E-state index in [1.165, 1.54) is 16.2 Å². The molecule has 1 aromatic heterocycles. The van der Waals surface area contributed by atoms with Crippen molar-refractivity contribution in [3.8, 4) is 6.07 Å². The maximum Gasteiger partial charge on any atom is 0.323 e. The van der Waals surface area contributed by atoms with Gasteiger partial charge in [0.25, 0.3) is 0 Å². The van der Waals surface area contributed by atoms with Crippen LogP contribution in [0.15, 0.2) is 24.3 Å². The van der Waals surface area contributed by atoms with Crippen molar-refractivity contribution in [3.63, 3.8) is 0 Å². The van der Waals surface area contributed by atoms with Crippen molar-refractivity contribution < 1.29 is 4.79 Å². The first-order chi connectivity index (χ1) is 10.6. The fraction of sp³-hybridized carbons (Fsp3) is 0.333. The van der Waals surface area contributed by atoms with Crippen LogP contribution in [0.25, 0.3) is 0 Å². The van der Waals surface area contributed by atoms with Crippen molar-refractivity contribution in [2.75, 3.05) is 12.4 Å². The van der Waals surface area contributed by atoms with Gasteiger partial charge in [-0.2, -0.15) is 5.26 Å². The van der Waals surface area contributed by atoms with Crippen LogP contribution < -0.4 is 5.32 Å². The summed E-state index contributed by atoms with van der Waals surface area (Å²) >= 11 is 1.39. The Morgan fingerprint density at radius 3 is 3.00 bits per heavy atom. The van der Waals surface area contributed by atoms with Crippen LogP contribution in [0.4, 0.5) is 9.93 Å². The summed E-state index contributed by atoms with van der Waals surface area (Å²) in [7, 11) is 1.70. The average molecular weight is 315 g/mol. The lowest BCUT2D eigenvalue weighted by Gasteiger charge is -2.17. The third-order valence-corrected chi connectivity index (χ3v) is 3.87. The summed E-state index contributed by atoms with van der Waals surface area (Å²) in [6.07, 6.45) is 1.86. The number of nitrogens with zero attached hydrogens (tertiary/aromatic N) is 4. The van der Waals surface area contributed by atoms with Gasteiger partial charge in [-0.15, -0.1) is 10.2 Å². The smallest absolute Gasteiger partial charge is 0.323 e. The minimum Gasteiger partial charge on any atom is -0.323 e. The zero-order valence-corrected chi connectivity index (χ0v) is 13.4. The van der Waals surface area contributed by atoms with E-state index < -0.39 is 0 Å². The SMILES string of the molecule is CCCc1nnc(NC(=O)N(C)Cc2cccc(C#N)c2)s1. The van der Waals surface area contributed by atoms with Gasteiger partial charge >= 0.3 is 6.03 Å². The standard InChI is InChI=1S/C15H17N5OS/c1-3-5-13-18-19-14(22-13)17-15(21)20(2)10-12-7-4-6-11(8-12)9-16/h4,6-8H,3,5,10H2,1-2H3,(H,17,19,21). The number of urea groups is 1. The molecule has 0 saturated heterocycles. The maximum atomic E-state index is 12.1. The Morgan fingerprint density at radius 1 is 1.45 bits per heavy atom. The molecular formula is C15H17N5OS. The molecule has 0 spiro atoms. The lowest BCUT2D eigenvalue weighted by atomic mass is 10.1. The molecule has 1 N–H and O–H groups in total. The minimum atomic E-state index is -0.249. The number of anilines is 1. The minimum absolute atomic E-state index is 0.249. The topological polar surface area (TPSA) is 81.9 Å². The number of aryl methyl sites for hydroxylation is 1. The number of carbonyl (C=O) groups is 1. The van der Waals surface area contributed by atoms with Crippen LogP contribution in [-0.4, -0.2) is 28.2 Å². The Bertz CT molecular complexity index is 691. The number of amides is 2. The number of nitrogens with one attached hydrogen (secondary N) is 1. The van der Waals surface area contributed by atoms with E-state index in [4.69, 9.17) is 5.26 Å². The molecule has 0 radical (unpaired) electrons. The zero-order valence-electron chi connectivity index (χ0n) is 12.5. The van der Waals surface area contributed by atoms with Crippen LogP contribution in [0.1, 0.15) is 29.5 Å². The predicted molar refractivity (Wildman–Crippen MR) is 85.5 cm³/mol. The quantitative estimate of drug-likeness (QED) is 0.919. The van der Waals surface area contributed by atoms with Crippen LogP contribution in [0.5, 0.6) is 0 Å². The fourth-order valence-corrected chi connectivity index (χ4v) is 2.72. The summed E-state index contributed by atoms with van der Waals surface area (Å²) in [6.45, 7) is 2.49. The van der Waals surface area contributed by atoms with Crippen molar-refractivity contribution in [1.82, 2.24) is 15.1 Å². The highest BCUT2D eigenvalue weighted by atomic mass is 32.1. The van der Waals surface area contributed by atoms with Gasteiger partial charge in [0, 0.05) is 20.0 Å². The molecule has 7 heteroatoms. The Morgan fingerprint density at radius 2 is 2.27 bits per heavy atom. The first kappa shape index (κ1) is 15.9. The molecule has 0 fully saturated rings. The van der Waals surface area contributed by atoms with E-state index in [9.17, 15) is 4.79 Å². The number of rotatable bonds is 5. The summed E-state index contributed by atoms with van der Waals surface area (Å²) in [4.78, 5) is 13.7. The molecule has 0 bridgehead atoms. The number of hydrogen-bond donors (Lipinski definition) is 1. The van der Waals surface area contributed by atoms with E-state index in [2.05, 4.69) is 28.5 Å².